The lowest BCUT2D eigenvalue weighted by Crippen LogP contribution is -2.32. The van der Waals surface area contributed by atoms with E-state index in [9.17, 15) is 4.79 Å². The standard InChI is InChI=1S/C22H20ClNO2/c1-2-21(26-18-14-12-17(23)13-15-18)22(25)24-20-11-7-6-10-19(20)16-8-4-3-5-9-16/h3-15,21H,2H2,1H3,(H,24,25)/t21-/m1/s1. The summed E-state index contributed by atoms with van der Waals surface area (Å²) < 4.78 is 5.83. The van der Waals surface area contributed by atoms with Crippen LogP contribution in [0.1, 0.15) is 13.3 Å². The third-order valence-electron chi connectivity index (χ3n) is 4.02. The number of rotatable bonds is 6. The summed E-state index contributed by atoms with van der Waals surface area (Å²) in [4.78, 5) is 12.7. The molecule has 3 aromatic rings. The van der Waals surface area contributed by atoms with Crippen molar-refractivity contribution in [2.45, 2.75) is 19.4 Å². The van der Waals surface area contributed by atoms with Crippen LogP contribution in [-0.4, -0.2) is 12.0 Å². The van der Waals surface area contributed by atoms with Crippen molar-refractivity contribution in [2.75, 3.05) is 5.32 Å². The van der Waals surface area contributed by atoms with Crippen LogP contribution in [0.5, 0.6) is 5.75 Å². The molecule has 0 fully saturated rings. The molecule has 3 nitrogen and oxygen atoms in total. The van der Waals surface area contributed by atoms with Crippen molar-refractivity contribution < 1.29 is 9.53 Å². The van der Waals surface area contributed by atoms with Crippen LogP contribution in [0.25, 0.3) is 11.1 Å². The first kappa shape index (κ1) is 18.0. The Hall–Kier alpha value is -2.78. The van der Waals surface area contributed by atoms with Gasteiger partial charge in [-0.3, -0.25) is 4.79 Å². The van der Waals surface area contributed by atoms with Gasteiger partial charge in [0.1, 0.15) is 5.75 Å². The number of carbonyl (C=O) groups excluding carboxylic acids is 1. The van der Waals surface area contributed by atoms with Crippen LogP contribution in [0.2, 0.25) is 5.02 Å². The monoisotopic (exact) mass is 365 g/mol. The van der Waals surface area contributed by atoms with Crippen LogP contribution < -0.4 is 10.1 Å². The average molecular weight is 366 g/mol. The third-order valence-corrected chi connectivity index (χ3v) is 4.28. The zero-order valence-electron chi connectivity index (χ0n) is 14.5. The number of hydrogen-bond acceptors (Lipinski definition) is 2. The highest BCUT2D eigenvalue weighted by Gasteiger charge is 2.19. The molecule has 132 valence electrons. The predicted octanol–water partition coefficient (Wildman–Crippen LogP) is 5.80. The summed E-state index contributed by atoms with van der Waals surface area (Å²) in [6, 6.07) is 24.7. The van der Waals surface area contributed by atoms with E-state index in [2.05, 4.69) is 5.32 Å². The van der Waals surface area contributed by atoms with Crippen LogP contribution in [0, 0.1) is 0 Å². The maximum Gasteiger partial charge on any atom is 0.265 e. The van der Waals surface area contributed by atoms with Crippen molar-refractivity contribution in [3.63, 3.8) is 0 Å². The van der Waals surface area contributed by atoms with Crippen LogP contribution >= 0.6 is 11.6 Å². The fraction of sp³-hybridized carbons (Fsp3) is 0.136. The molecule has 3 aromatic carbocycles. The van der Waals surface area contributed by atoms with E-state index < -0.39 is 6.10 Å². The van der Waals surface area contributed by atoms with Crippen LogP contribution in [0.3, 0.4) is 0 Å². The largest absolute Gasteiger partial charge is 0.481 e. The Balaban J connectivity index is 1.77. The van der Waals surface area contributed by atoms with Crippen molar-refractivity contribution in [3.8, 4) is 16.9 Å². The molecule has 0 spiro atoms. The molecular weight excluding hydrogens is 346 g/mol. The molecular formula is C22H20ClNO2. The number of hydrogen-bond donors (Lipinski definition) is 1. The summed E-state index contributed by atoms with van der Waals surface area (Å²) in [5.41, 5.74) is 2.79. The molecule has 0 aliphatic carbocycles. The molecule has 0 aromatic heterocycles. The SMILES string of the molecule is CC[C@@H](Oc1ccc(Cl)cc1)C(=O)Nc1ccccc1-c1ccccc1. The number of carbonyl (C=O) groups is 1. The van der Waals surface area contributed by atoms with Crippen LogP contribution in [0.15, 0.2) is 78.9 Å². The Morgan fingerprint density at radius 3 is 2.31 bits per heavy atom. The van der Waals surface area contributed by atoms with Gasteiger partial charge < -0.3 is 10.1 Å². The number of amides is 1. The van der Waals surface area contributed by atoms with Crippen molar-refractivity contribution in [3.05, 3.63) is 83.9 Å². The molecule has 3 rings (SSSR count). The molecule has 4 heteroatoms. The van der Waals surface area contributed by atoms with Crippen molar-refractivity contribution in [2.24, 2.45) is 0 Å². The van der Waals surface area contributed by atoms with Gasteiger partial charge in [0.15, 0.2) is 6.10 Å². The van der Waals surface area contributed by atoms with E-state index in [1.54, 1.807) is 24.3 Å². The second kappa shape index (κ2) is 8.54. The average Bonchev–Trinajstić information content (AvgIpc) is 2.68. The second-order valence-electron chi connectivity index (χ2n) is 5.87. The molecule has 0 bridgehead atoms. The van der Waals surface area contributed by atoms with Gasteiger partial charge in [-0.15, -0.1) is 0 Å². The molecule has 26 heavy (non-hydrogen) atoms. The van der Waals surface area contributed by atoms with Gasteiger partial charge in [0, 0.05) is 16.3 Å². The number of ether oxygens (including phenoxy) is 1. The summed E-state index contributed by atoms with van der Waals surface area (Å²) in [7, 11) is 0. The first-order valence-electron chi connectivity index (χ1n) is 8.55. The van der Waals surface area contributed by atoms with E-state index in [0.717, 1.165) is 16.8 Å². The molecule has 0 unspecified atom stereocenters. The molecule has 0 heterocycles. The molecule has 0 saturated heterocycles. The molecule has 1 amide bonds. The summed E-state index contributed by atoms with van der Waals surface area (Å²) in [6.45, 7) is 1.92. The van der Waals surface area contributed by atoms with E-state index in [1.807, 2.05) is 61.5 Å². The minimum Gasteiger partial charge on any atom is -0.481 e. The first-order valence-corrected chi connectivity index (χ1v) is 8.92. The van der Waals surface area contributed by atoms with Gasteiger partial charge in [0.25, 0.3) is 5.91 Å². The molecule has 1 N–H and O–H groups in total. The molecule has 0 saturated carbocycles. The number of nitrogens with one attached hydrogen (secondary N) is 1. The Kier molecular flexibility index (Phi) is 5.92. The lowest BCUT2D eigenvalue weighted by molar-refractivity contribution is -0.122. The summed E-state index contributed by atoms with van der Waals surface area (Å²) >= 11 is 5.89. The van der Waals surface area contributed by atoms with Crippen LogP contribution in [0.4, 0.5) is 5.69 Å². The topological polar surface area (TPSA) is 38.3 Å². The van der Waals surface area contributed by atoms with E-state index in [0.29, 0.717) is 17.2 Å². The minimum atomic E-state index is -0.583. The van der Waals surface area contributed by atoms with Gasteiger partial charge in [-0.05, 0) is 42.3 Å². The Bertz CT molecular complexity index is 863. The fourth-order valence-electron chi connectivity index (χ4n) is 2.67. The number of para-hydroxylation sites is 1. The summed E-state index contributed by atoms with van der Waals surface area (Å²) in [5, 5.41) is 3.63. The lowest BCUT2D eigenvalue weighted by Gasteiger charge is -2.18. The highest BCUT2D eigenvalue weighted by atomic mass is 35.5. The van der Waals surface area contributed by atoms with Crippen molar-refractivity contribution in [1.82, 2.24) is 0 Å². The van der Waals surface area contributed by atoms with Gasteiger partial charge in [-0.25, -0.2) is 0 Å². The highest BCUT2D eigenvalue weighted by Crippen LogP contribution is 2.28. The summed E-state index contributed by atoms with van der Waals surface area (Å²) in [5.74, 6) is 0.443. The van der Waals surface area contributed by atoms with E-state index in [-0.39, 0.29) is 5.91 Å². The molecule has 0 aliphatic rings. The van der Waals surface area contributed by atoms with E-state index in [1.165, 1.54) is 0 Å². The van der Waals surface area contributed by atoms with Gasteiger partial charge in [0.2, 0.25) is 0 Å². The first-order chi connectivity index (χ1) is 12.7. The number of anilines is 1. The van der Waals surface area contributed by atoms with Crippen LogP contribution in [-0.2, 0) is 4.79 Å². The summed E-state index contributed by atoms with van der Waals surface area (Å²) in [6.07, 6.45) is -0.0258. The van der Waals surface area contributed by atoms with E-state index in [4.69, 9.17) is 16.3 Å². The maximum atomic E-state index is 12.7. The fourth-order valence-corrected chi connectivity index (χ4v) is 2.80. The number of benzene rings is 3. The van der Waals surface area contributed by atoms with Crippen molar-refractivity contribution in [1.29, 1.82) is 0 Å². The van der Waals surface area contributed by atoms with Gasteiger partial charge in [0.05, 0.1) is 0 Å². The highest BCUT2D eigenvalue weighted by molar-refractivity contribution is 6.30. The van der Waals surface area contributed by atoms with Gasteiger partial charge in [-0.2, -0.15) is 0 Å². The lowest BCUT2D eigenvalue weighted by atomic mass is 10.0. The minimum absolute atomic E-state index is 0.175. The molecule has 0 radical (unpaired) electrons. The van der Waals surface area contributed by atoms with Gasteiger partial charge >= 0.3 is 0 Å². The Morgan fingerprint density at radius 1 is 0.962 bits per heavy atom. The quantitative estimate of drug-likeness (QED) is 0.599. The van der Waals surface area contributed by atoms with Crippen molar-refractivity contribution >= 4 is 23.2 Å². The smallest absolute Gasteiger partial charge is 0.265 e. The second-order valence-corrected chi connectivity index (χ2v) is 6.31. The van der Waals surface area contributed by atoms with Gasteiger partial charge in [-0.1, -0.05) is 67.1 Å². The Labute approximate surface area is 158 Å². The Morgan fingerprint density at radius 2 is 1.62 bits per heavy atom. The van der Waals surface area contributed by atoms with E-state index >= 15 is 0 Å². The number of halogens is 1. The molecule has 0 aliphatic heterocycles. The zero-order valence-corrected chi connectivity index (χ0v) is 15.2. The molecule has 1 atom stereocenters. The third kappa shape index (κ3) is 4.44. The maximum absolute atomic E-state index is 12.7. The normalized spacial score (nSPS) is 11.6. The predicted molar refractivity (Wildman–Crippen MR) is 107 cm³/mol. The zero-order chi connectivity index (χ0) is 18.4.